The lowest BCUT2D eigenvalue weighted by Crippen LogP contribution is -2.38. The van der Waals surface area contributed by atoms with Crippen LogP contribution in [0.15, 0.2) is 18.2 Å². The highest BCUT2D eigenvalue weighted by molar-refractivity contribution is 7.91. The van der Waals surface area contributed by atoms with Crippen molar-refractivity contribution in [2.24, 2.45) is 0 Å². The molecule has 23 heavy (non-hydrogen) atoms. The Kier molecular flexibility index (Phi) is 5.89. The van der Waals surface area contributed by atoms with Crippen LogP contribution < -0.4 is 5.32 Å². The van der Waals surface area contributed by atoms with Gasteiger partial charge in [-0.2, -0.15) is 0 Å². The van der Waals surface area contributed by atoms with Crippen molar-refractivity contribution >= 4 is 44.9 Å². The Morgan fingerprint density at radius 3 is 2.61 bits per heavy atom. The highest BCUT2D eigenvalue weighted by Crippen LogP contribution is 2.22. The van der Waals surface area contributed by atoms with Crippen molar-refractivity contribution in [1.82, 2.24) is 5.32 Å². The highest BCUT2D eigenvalue weighted by atomic mass is 35.5. The summed E-state index contributed by atoms with van der Waals surface area (Å²) in [6.07, 6.45) is 0.341. The Bertz CT molecular complexity index is 720. The van der Waals surface area contributed by atoms with Crippen molar-refractivity contribution in [2.45, 2.75) is 18.9 Å². The fraction of sp³-hybridized carbons (Fsp3) is 0.429. The van der Waals surface area contributed by atoms with Gasteiger partial charge in [0.15, 0.2) is 16.4 Å². The third-order valence-corrected chi connectivity index (χ3v) is 5.80. The monoisotopic (exact) mass is 379 g/mol. The smallest absolute Gasteiger partial charge is 0.310 e. The third-order valence-electron chi connectivity index (χ3n) is 3.29. The van der Waals surface area contributed by atoms with Crippen molar-refractivity contribution in [1.29, 1.82) is 0 Å². The van der Waals surface area contributed by atoms with E-state index in [0.717, 1.165) is 0 Å². The van der Waals surface area contributed by atoms with E-state index >= 15 is 0 Å². The molecule has 1 amide bonds. The van der Waals surface area contributed by atoms with Gasteiger partial charge >= 0.3 is 5.97 Å². The summed E-state index contributed by atoms with van der Waals surface area (Å²) in [6, 6.07) is 4.34. The molecule has 1 fully saturated rings. The summed E-state index contributed by atoms with van der Waals surface area (Å²) in [5.41, 5.74) is 0.617. The second kappa shape index (κ2) is 7.51. The number of nitrogens with one attached hydrogen (secondary N) is 1. The normalized spacial score (nSPS) is 19.3. The number of benzene rings is 1. The van der Waals surface area contributed by atoms with Crippen LogP contribution in [0.2, 0.25) is 10.0 Å². The Labute approximate surface area is 144 Å². The number of ether oxygens (including phenoxy) is 1. The van der Waals surface area contributed by atoms with Gasteiger partial charge in [-0.25, -0.2) is 8.42 Å². The number of rotatable bonds is 5. The molecule has 1 atom stereocenters. The summed E-state index contributed by atoms with van der Waals surface area (Å²) in [7, 11) is -3.07. The topological polar surface area (TPSA) is 89.5 Å². The van der Waals surface area contributed by atoms with Crippen molar-refractivity contribution in [3.8, 4) is 0 Å². The minimum atomic E-state index is -3.07. The first-order valence-corrected chi connectivity index (χ1v) is 9.42. The lowest BCUT2D eigenvalue weighted by atomic mass is 10.1. The Hall–Kier alpha value is -1.31. The molecule has 1 unspecified atom stereocenters. The van der Waals surface area contributed by atoms with E-state index in [0.29, 0.717) is 22.0 Å². The van der Waals surface area contributed by atoms with Gasteiger partial charge in [0.2, 0.25) is 0 Å². The van der Waals surface area contributed by atoms with Crippen LogP contribution in [0.5, 0.6) is 0 Å². The van der Waals surface area contributed by atoms with Crippen LogP contribution in [0.1, 0.15) is 12.0 Å². The van der Waals surface area contributed by atoms with Crippen molar-refractivity contribution in [3.05, 3.63) is 33.8 Å². The van der Waals surface area contributed by atoms with Crippen LogP contribution >= 0.6 is 23.2 Å². The lowest BCUT2D eigenvalue weighted by molar-refractivity contribution is -0.148. The molecule has 6 nitrogen and oxygen atoms in total. The van der Waals surface area contributed by atoms with E-state index in [-0.39, 0.29) is 17.9 Å². The van der Waals surface area contributed by atoms with Crippen molar-refractivity contribution in [3.63, 3.8) is 0 Å². The molecule has 1 N–H and O–H groups in total. The first-order chi connectivity index (χ1) is 10.7. The van der Waals surface area contributed by atoms with Gasteiger partial charge in [0.25, 0.3) is 5.91 Å². The maximum atomic E-state index is 11.7. The van der Waals surface area contributed by atoms with Gasteiger partial charge in [0.05, 0.1) is 28.0 Å². The predicted molar refractivity (Wildman–Crippen MR) is 86.3 cm³/mol. The van der Waals surface area contributed by atoms with E-state index in [9.17, 15) is 18.0 Å². The van der Waals surface area contributed by atoms with Crippen LogP contribution in [-0.2, 0) is 30.6 Å². The Morgan fingerprint density at radius 1 is 1.26 bits per heavy atom. The number of hydrogen-bond acceptors (Lipinski definition) is 5. The lowest BCUT2D eigenvalue weighted by Gasteiger charge is -2.11. The first kappa shape index (κ1) is 18.0. The first-order valence-electron chi connectivity index (χ1n) is 6.84. The number of sulfone groups is 1. The van der Waals surface area contributed by atoms with Crippen LogP contribution in [0.3, 0.4) is 0 Å². The quantitative estimate of drug-likeness (QED) is 0.780. The standard InChI is InChI=1S/C14H15Cl2NO5S/c15-11-2-1-9(5-12(11)16)6-14(19)22-7-13(18)17-10-3-4-23(20,21)8-10/h1-2,5,10H,3-4,6-8H2,(H,17,18). The second-order valence-electron chi connectivity index (χ2n) is 5.25. The fourth-order valence-electron chi connectivity index (χ4n) is 2.19. The molecule has 0 saturated carbocycles. The zero-order valence-electron chi connectivity index (χ0n) is 12.1. The molecular formula is C14H15Cl2NO5S. The van der Waals surface area contributed by atoms with Gasteiger partial charge in [0.1, 0.15) is 0 Å². The zero-order chi connectivity index (χ0) is 17.0. The average molecular weight is 380 g/mol. The minimum Gasteiger partial charge on any atom is -0.455 e. The number of carbonyl (C=O) groups excluding carboxylic acids is 2. The van der Waals surface area contributed by atoms with E-state index in [1.54, 1.807) is 18.2 Å². The van der Waals surface area contributed by atoms with Gasteiger partial charge in [0, 0.05) is 6.04 Å². The zero-order valence-corrected chi connectivity index (χ0v) is 14.4. The Balaban J connectivity index is 1.75. The van der Waals surface area contributed by atoms with Crippen LogP contribution in [-0.4, -0.2) is 44.4 Å². The van der Waals surface area contributed by atoms with Gasteiger partial charge in [-0.05, 0) is 24.1 Å². The number of esters is 1. The predicted octanol–water partition coefficient (Wildman–Crippen LogP) is 1.38. The molecular weight excluding hydrogens is 365 g/mol. The van der Waals surface area contributed by atoms with Crippen molar-refractivity contribution in [2.75, 3.05) is 18.1 Å². The van der Waals surface area contributed by atoms with Gasteiger partial charge in [-0.3, -0.25) is 9.59 Å². The molecule has 1 aliphatic heterocycles. The fourth-order valence-corrected chi connectivity index (χ4v) is 4.19. The molecule has 1 heterocycles. The molecule has 126 valence electrons. The average Bonchev–Trinajstić information content (AvgIpc) is 2.80. The van der Waals surface area contributed by atoms with Crippen LogP contribution in [0, 0.1) is 0 Å². The molecule has 9 heteroatoms. The van der Waals surface area contributed by atoms with E-state index in [1.807, 2.05) is 0 Å². The number of halogens is 2. The van der Waals surface area contributed by atoms with E-state index in [1.165, 1.54) is 0 Å². The summed E-state index contributed by atoms with van der Waals surface area (Å²) < 4.78 is 27.4. The van der Waals surface area contributed by atoms with Crippen LogP contribution in [0.4, 0.5) is 0 Å². The molecule has 1 aliphatic rings. The summed E-state index contributed by atoms with van der Waals surface area (Å²) >= 11 is 11.6. The highest BCUT2D eigenvalue weighted by Gasteiger charge is 2.29. The number of amides is 1. The third kappa shape index (κ3) is 5.67. The molecule has 2 rings (SSSR count). The molecule has 1 aromatic carbocycles. The van der Waals surface area contributed by atoms with E-state index < -0.39 is 34.4 Å². The summed E-state index contributed by atoms with van der Waals surface area (Å²) in [5, 5.41) is 3.25. The largest absolute Gasteiger partial charge is 0.455 e. The Morgan fingerprint density at radius 2 is 2.00 bits per heavy atom. The molecule has 0 bridgehead atoms. The maximum Gasteiger partial charge on any atom is 0.310 e. The number of hydrogen-bond donors (Lipinski definition) is 1. The SMILES string of the molecule is O=C(COC(=O)Cc1ccc(Cl)c(Cl)c1)NC1CCS(=O)(=O)C1. The molecule has 0 spiro atoms. The van der Waals surface area contributed by atoms with Crippen molar-refractivity contribution < 1.29 is 22.7 Å². The van der Waals surface area contributed by atoms with Gasteiger partial charge in [-0.1, -0.05) is 29.3 Å². The molecule has 1 aromatic rings. The maximum absolute atomic E-state index is 11.7. The molecule has 1 saturated heterocycles. The van der Waals surface area contributed by atoms with E-state index in [2.05, 4.69) is 5.32 Å². The van der Waals surface area contributed by atoms with E-state index in [4.69, 9.17) is 27.9 Å². The van der Waals surface area contributed by atoms with Gasteiger partial charge < -0.3 is 10.1 Å². The molecule has 0 aliphatic carbocycles. The summed E-state index contributed by atoms with van der Waals surface area (Å²) in [6.45, 7) is -0.448. The molecule has 0 radical (unpaired) electrons. The van der Waals surface area contributed by atoms with Gasteiger partial charge in [-0.15, -0.1) is 0 Å². The second-order valence-corrected chi connectivity index (χ2v) is 8.30. The summed E-state index contributed by atoms with van der Waals surface area (Å²) in [4.78, 5) is 23.3. The molecule has 0 aromatic heterocycles. The van der Waals surface area contributed by atoms with Crippen LogP contribution in [0.25, 0.3) is 0 Å². The summed E-state index contributed by atoms with van der Waals surface area (Å²) in [5.74, 6) is -1.11. The number of carbonyl (C=O) groups is 2. The minimum absolute atomic E-state index is 0.0397.